The van der Waals surface area contributed by atoms with E-state index in [1.54, 1.807) is 24.3 Å². The molecule has 0 aliphatic rings. The SMILES string of the molecule is COC(=O)CCCC(=O)N[C@H](CC(=O)OC)c1ccc(N)cc1. The van der Waals surface area contributed by atoms with Crippen molar-refractivity contribution in [2.24, 2.45) is 0 Å². The number of carbonyl (C=O) groups excluding carboxylic acids is 3. The zero-order valence-electron chi connectivity index (χ0n) is 13.3. The van der Waals surface area contributed by atoms with Gasteiger partial charge in [0, 0.05) is 18.5 Å². The number of carbonyl (C=O) groups is 3. The molecule has 7 heteroatoms. The van der Waals surface area contributed by atoms with Gasteiger partial charge in [-0.05, 0) is 24.1 Å². The fraction of sp³-hybridized carbons (Fsp3) is 0.438. The van der Waals surface area contributed by atoms with Crippen LogP contribution in [-0.2, 0) is 23.9 Å². The standard InChI is InChI=1S/C16H22N2O5/c1-22-15(20)5-3-4-14(19)18-13(10-16(21)23-2)11-6-8-12(17)9-7-11/h6-9,13H,3-5,10,17H2,1-2H3,(H,18,19)/t13-/m1/s1. The van der Waals surface area contributed by atoms with Gasteiger partial charge in [0.25, 0.3) is 0 Å². The van der Waals surface area contributed by atoms with Crippen molar-refractivity contribution in [3.63, 3.8) is 0 Å². The molecule has 1 rings (SSSR count). The smallest absolute Gasteiger partial charge is 0.307 e. The highest BCUT2D eigenvalue weighted by Crippen LogP contribution is 2.19. The number of rotatable bonds is 8. The summed E-state index contributed by atoms with van der Waals surface area (Å²) in [6.45, 7) is 0. The zero-order valence-corrected chi connectivity index (χ0v) is 13.3. The number of nitrogens with two attached hydrogens (primary N) is 1. The van der Waals surface area contributed by atoms with Crippen LogP contribution in [0.25, 0.3) is 0 Å². The van der Waals surface area contributed by atoms with Crippen LogP contribution < -0.4 is 11.1 Å². The van der Waals surface area contributed by atoms with E-state index < -0.39 is 12.0 Å². The van der Waals surface area contributed by atoms with Crippen molar-refractivity contribution in [1.29, 1.82) is 0 Å². The molecule has 1 aromatic carbocycles. The highest BCUT2D eigenvalue weighted by Gasteiger charge is 2.19. The Morgan fingerprint density at radius 2 is 1.65 bits per heavy atom. The Hall–Kier alpha value is -2.57. The number of amides is 1. The predicted octanol–water partition coefficient (Wildman–Crippen LogP) is 1.33. The average molecular weight is 322 g/mol. The molecular weight excluding hydrogens is 300 g/mol. The molecule has 1 atom stereocenters. The number of hydrogen-bond donors (Lipinski definition) is 2. The van der Waals surface area contributed by atoms with Crippen molar-refractivity contribution in [2.75, 3.05) is 20.0 Å². The second kappa shape index (κ2) is 9.45. The largest absolute Gasteiger partial charge is 0.469 e. The van der Waals surface area contributed by atoms with Crippen molar-refractivity contribution >= 4 is 23.5 Å². The van der Waals surface area contributed by atoms with Gasteiger partial charge in [-0.25, -0.2) is 0 Å². The minimum Gasteiger partial charge on any atom is -0.469 e. The first-order valence-electron chi connectivity index (χ1n) is 7.24. The molecule has 1 aromatic rings. The molecule has 0 aromatic heterocycles. The topological polar surface area (TPSA) is 108 Å². The van der Waals surface area contributed by atoms with Gasteiger partial charge in [0.05, 0.1) is 26.7 Å². The molecule has 3 N–H and O–H groups in total. The number of methoxy groups -OCH3 is 2. The van der Waals surface area contributed by atoms with E-state index in [1.807, 2.05) is 0 Å². The van der Waals surface area contributed by atoms with Crippen LogP contribution in [0, 0.1) is 0 Å². The molecule has 0 heterocycles. The third-order valence-electron chi connectivity index (χ3n) is 3.28. The lowest BCUT2D eigenvalue weighted by atomic mass is 10.0. The Morgan fingerprint density at radius 1 is 1.04 bits per heavy atom. The molecule has 126 valence electrons. The fourth-order valence-electron chi connectivity index (χ4n) is 1.99. The molecule has 0 saturated carbocycles. The summed E-state index contributed by atoms with van der Waals surface area (Å²) >= 11 is 0. The first-order valence-corrected chi connectivity index (χ1v) is 7.24. The number of esters is 2. The van der Waals surface area contributed by atoms with Crippen LogP contribution in [-0.4, -0.2) is 32.1 Å². The summed E-state index contributed by atoms with van der Waals surface area (Å²) in [6, 6.07) is 6.38. The van der Waals surface area contributed by atoms with Crippen LogP contribution in [0.3, 0.4) is 0 Å². The van der Waals surface area contributed by atoms with Crippen molar-refractivity contribution in [2.45, 2.75) is 31.7 Å². The van der Waals surface area contributed by atoms with Gasteiger partial charge in [0.2, 0.25) is 5.91 Å². The molecule has 0 bridgehead atoms. The Morgan fingerprint density at radius 3 is 2.22 bits per heavy atom. The highest BCUT2D eigenvalue weighted by molar-refractivity contribution is 5.78. The van der Waals surface area contributed by atoms with E-state index in [1.165, 1.54) is 14.2 Å². The summed E-state index contributed by atoms with van der Waals surface area (Å²) in [5.74, 6) is -1.04. The van der Waals surface area contributed by atoms with E-state index in [-0.39, 0.29) is 31.1 Å². The Kier molecular flexibility index (Phi) is 7.59. The van der Waals surface area contributed by atoms with Gasteiger partial charge in [-0.15, -0.1) is 0 Å². The van der Waals surface area contributed by atoms with Gasteiger partial charge in [0.1, 0.15) is 0 Å². The van der Waals surface area contributed by atoms with Gasteiger partial charge >= 0.3 is 11.9 Å². The molecule has 0 fully saturated rings. The van der Waals surface area contributed by atoms with Gasteiger partial charge in [-0.2, -0.15) is 0 Å². The molecule has 0 aliphatic heterocycles. The van der Waals surface area contributed by atoms with Crippen LogP contribution in [0.15, 0.2) is 24.3 Å². The second-order valence-corrected chi connectivity index (χ2v) is 5.00. The first-order chi connectivity index (χ1) is 11.0. The average Bonchev–Trinajstić information content (AvgIpc) is 2.54. The van der Waals surface area contributed by atoms with Crippen LogP contribution in [0.2, 0.25) is 0 Å². The van der Waals surface area contributed by atoms with Crippen LogP contribution in [0.5, 0.6) is 0 Å². The van der Waals surface area contributed by atoms with E-state index in [0.717, 1.165) is 5.56 Å². The van der Waals surface area contributed by atoms with E-state index in [4.69, 9.17) is 5.73 Å². The summed E-state index contributed by atoms with van der Waals surface area (Å²) in [5, 5.41) is 2.78. The molecule has 0 radical (unpaired) electrons. The molecule has 7 nitrogen and oxygen atoms in total. The number of hydrogen-bond acceptors (Lipinski definition) is 6. The van der Waals surface area contributed by atoms with E-state index >= 15 is 0 Å². The maximum absolute atomic E-state index is 12.0. The van der Waals surface area contributed by atoms with Crippen molar-refractivity contribution in [3.05, 3.63) is 29.8 Å². The third-order valence-corrected chi connectivity index (χ3v) is 3.28. The quantitative estimate of drug-likeness (QED) is 0.552. The molecule has 23 heavy (non-hydrogen) atoms. The van der Waals surface area contributed by atoms with Crippen LogP contribution >= 0.6 is 0 Å². The minimum atomic E-state index is -0.506. The molecular formula is C16H22N2O5. The van der Waals surface area contributed by atoms with Crippen molar-refractivity contribution in [1.82, 2.24) is 5.32 Å². The highest BCUT2D eigenvalue weighted by atomic mass is 16.5. The minimum absolute atomic E-state index is 0.0170. The Balaban J connectivity index is 2.65. The molecule has 0 spiro atoms. The van der Waals surface area contributed by atoms with E-state index in [0.29, 0.717) is 12.1 Å². The van der Waals surface area contributed by atoms with Gasteiger partial charge in [0.15, 0.2) is 0 Å². The lowest BCUT2D eigenvalue weighted by Gasteiger charge is -2.18. The maximum atomic E-state index is 12.0. The zero-order chi connectivity index (χ0) is 17.2. The summed E-state index contributed by atoms with van der Waals surface area (Å²) in [6.07, 6.45) is 0.740. The Bertz CT molecular complexity index is 542. The maximum Gasteiger partial charge on any atom is 0.307 e. The van der Waals surface area contributed by atoms with Crippen LogP contribution in [0.4, 0.5) is 5.69 Å². The Labute approximate surface area is 135 Å². The number of ether oxygens (including phenoxy) is 2. The van der Waals surface area contributed by atoms with Crippen molar-refractivity contribution in [3.8, 4) is 0 Å². The number of benzene rings is 1. The lowest BCUT2D eigenvalue weighted by Crippen LogP contribution is -2.30. The van der Waals surface area contributed by atoms with Crippen molar-refractivity contribution < 1.29 is 23.9 Å². The number of anilines is 1. The monoisotopic (exact) mass is 322 g/mol. The normalized spacial score (nSPS) is 11.4. The summed E-state index contributed by atoms with van der Waals surface area (Å²) in [4.78, 5) is 34.5. The summed E-state index contributed by atoms with van der Waals surface area (Å²) in [5.41, 5.74) is 6.99. The number of nitrogen functional groups attached to an aromatic ring is 1. The second-order valence-electron chi connectivity index (χ2n) is 5.00. The van der Waals surface area contributed by atoms with E-state index in [9.17, 15) is 14.4 Å². The van der Waals surface area contributed by atoms with Crippen LogP contribution in [0.1, 0.15) is 37.3 Å². The predicted molar refractivity (Wildman–Crippen MR) is 84.2 cm³/mol. The van der Waals surface area contributed by atoms with Gasteiger partial charge < -0.3 is 20.5 Å². The molecule has 0 unspecified atom stereocenters. The van der Waals surface area contributed by atoms with E-state index in [2.05, 4.69) is 14.8 Å². The van der Waals surface area contributed by atoms with Gasteiger partial charge in [-0.3, -0.25) is 14.4 Å². The third kappa shape index (κ3) is 6.82. The molecule has 0 aliphatic carbocycles. The first kappa shape index (κ1) is 18.5. The molecule has 0 saturated heterocycles. The molecule has 1 amide bonds. The summed E-state index contributed by atoms with van der Waals surface area (Å²) in [7, 11) is 2.59. The fourth-order valence-corrected chi connectivity index (χ4v) is 1.99. The van der Waals surface area contributed by atoms with Gasteiger partial charge in [-0.1, -0.05) is 12.1 Å². The lowest BCUT2D eigenvalue weighted by molar-refractivity contribution is -0.141. The number of nitrogens with one attached hydrogen (secondary N) is 1. The summed E-state index contributed by atoms with van der Waals surface area (Å²) < 4.78 is 9.18.